The molecule has 0 saturated carbocycles. The molecule has 156 valence electrons. The monoisotopic (exact) mass is 410 g/mol. The largest absolute Gasteiger partial charge is 0.493 e. The quantitative estimate of drug-likeness (QED) is 0.647. The number of hydrogen-bond acceptors (Lipinski definition) is 6. The van der Waals surface area contributed by atoms with Crippen LogP contribution in [0.25, 0.3) is 10.9 Å². The molecule has 2 amide bonds. The molecule has 2 heterocycles. The first kappa shape index (κ1) is 19.6. The highest BCUT2D eigenvalue weighted by molar-refractivity contribution is 6.07. The zero-order valence-corrected chi connectivity index (χ0v) is 16.9. The van der Waals surface area contributed by atoms with Crippen molar-refractivity contribution in [2.45, 2.75) is 6.42 Å². The van der Waals surface area contributed by atoms with E-state index in [-0.39, 0.29) is 24.8 Å². The topological polar surface area (TPSA) is 106 Å². The van der Waals surface area contributed by atoms with Gasteiger partial charge in [-0.25, -0.2) is 0 Å². The lowest BCUT2D eigenvalue weighted by Crippen LogP contribution is -2.28. The van der Waals surface area contributed by atoms with Crippen LogP contribution in [0.5, 0.6) is 17.2 Å². The molecule has 30 heavy (non-hydrogen) atoms. The number of hydrogen-bond donors (Lipinski definition) is 2. The molecule has 9 nitrogen and oxygen atoms in total. The van der Waals surface area contributed by atoms with Crippen molar-refractivity contribution < 1.29 is 23.8 Å². The molecule has 0 spiro atoms. The maximum atomic E-state index is 12.9. The molecular formula is C21H22N4O5. The smallest absolute Gasteiger partial charge is 0.229 e. The summed E-state index contributed by atoms with van der Waals surface area (Å²) in [4.78, 5) is 27.0. The van der Waals surface area contributed by atoms with Gasteiger partial charge in [0.1, 0.15) is 0 Å². The Balaban J connectivity index is 1.53. The van der Waals surface area contributed by atoms with Crippen molar-refractivity contribution in [3.05, 3.63) is 36.4 Å². The Labute approximate surface area is 172 Å². The standard InChI is InChI=1S/C21H22N4O5/c1-28-16-9-13(10-17(29-2)19(16)30-3)22-21(27)12-8-18(26)25(11-12)20-14-6-4-5-7-15(14)23-24-20/h4-7,9-10,12H,8,11H2,1-3H3,(H,22,27)(H,23,24). The molecule has 4 rings (SSSR count). The molecule has 1 fully saturated rings. The molecule has 1 aliphatic rings. The van der Waals surface area contributed by atoms with Crippen LogP contribution in [0.1, 0.15) is 6.42 Å². The van der Waals surface area contributed by atoms with Gasteiger partial charge in [0, 0.05) is 36.2 Å². The normalized spacial score (nSPS) is 16.0. The van der Waals surface area contributed by atoms with E-state index in [4.69, 9.17) is 14.2 Å². The van der Waals surface area contributed by atoms with Crippen LogP contribution in [0.2, 0.25) is 0 Å². The first-order valence-corrected chi connectivity index (χ1v) is 9.40. The average molecular weight is 410 g/mol. The number of H-pyrrole nitrogens is 1. The van der Waals surface area contributed by atoms with Crippen LogP contribution in [0.4, 0.5) is 11.5 Å². The number of fused-ring (bicyclic) bond motifs is 1. The van der Waals surface area contributed by atoms with Crippen molar-refractivity contribution in [1.82, 2.24) is 10.2 Å². The van der Waals surface area contributed by atoms with E-state index in [2.05, 4.69) is 15.5 Å². The Kier molecular flexibility index (Phi) is 5.18. The molecule has 3 aromatic rings. The number of carbonyl (C=O) groups is 2. The highest BCUT2D eigenvalue weighted by atomic mass is 16.5. The molecule has 1 atom stereocenters. The van der Waals surface area contributed by atoms with Gasteiger partial charge in [-0.2, -0.15) is 5.10 Å². The van der Waals surface area contributed by atoms with Crippen LogP contribution in [-0.4, -0.2) is 49.9 Å². The fourth-order valence-corrected chi connectivity index (χ4v) is 3.64. The lowest BCUT2D eigenvalue weighted by molar-refractivity contribution is -0.122. The Morgan fingerprint density at radius 1 is 1.13 bits per heavy atom. The molecule has 0 radical (unpaired) electrons. The first-order valence-electron chi connectivity index (χ1n) is 9.40. The summed E-state index contributed by atoms with van der Waals surface area (Å²) in [6, 6.07) is 10.9. The summed E-state index contributed by atoms with van der Waals surface area (Å²) in [6.07, 6.45) is 0.109. The fourth-order valence-electron chi connectivity index (χ4n) is 3.64. The number of carbonyl (C=O) groups excluding carboxylic acids is 2. The van der Waals surface area contributed by atoms with Gasteiger partial charge in [0.15, 0.2) is 17.3 Å². The Hall–Kier alpha value is -3.75. The van der Waals surface area contributed by atoms with Crippen molar-refractivity contribution in [1.29, 1.82) is 0 Å². The predicted octanol–water partition coefficient (Wildman–Crippen LogP) is 2.58. The van der Waals surface area contributed by atoms with E-state index in [9.17, 15) is 9.59 Å². The molecule has 1 unspecified atom stereocenters. The maximum absolute atomic E-state index is 12.9. The summed E-state index contributed by atoms with van der Waals surface area (Å²) >= 11 is 0. The third kappa shape index (κ3) is 3.38. The predicted molar refractivity (Wildman–Crippen MR) is 111 cm³/mol. The number of rotatable bonds is 6. The van der Waals surface area contributed by atoms with Gasteiger partial charge < -0.3 is 19.5 Å². The van der Waals surface area contributed by atoms with E-state index in [0.717, 1.165) is 10.9 Å². The number of nitrogens with one attached hydrogen (secondary N) is 2. The van der Waals surface area contributed by atoms with Crippen LogP contribution in [0.3, 0.4) is 0 Å². The van der Waals surface area contributed by atoms with Gasteiger partial charge >= 0.3 is 0 Å². The van der Waals surface area contributed by atoms with Crippen LogP contribution in [0.15, 0.2) is 36.4 Å². The molecule has 2 aromatic carbocycles. The van der Waals surface area contributed by atoms with Crippen LogP contribution in [-0.2, 0) is 9.59 Å². The number of ether oxygens (including phenoxy) is 3. The van der Waals surface area contributed by atoms with E-state index in [1.165, 1.54) is 21.3 Å². The minimum absolute atomic E-state index is 0.109. The SMILES string of the molecule is COc1cc(NC(=O)C2CC(=O)N(c3n[nH]c4ccccc34)C2)cc(OC)c1OC. The minimum Gasteiger partial charge on any atom is -0.493 e. The maximum Gasteiger partial charge on any atom is 0.229 e. The summed E-state index contributed by atoms with van der Waals surface area (Å²) in [5, 5.41) is 10.9. The van der Waals surface area contributed by atoms with Crippen LogP contribution < -0.4 is 24.4 Å². The van der Waals surface area contributed by atoms with Crippen molar-refractivity contribution in [2.75, 3.05) is 38.1 Å². The number of aromatic nitrogens is 2. The molecule has 0 bridgehead atoms. The second-order valence-corrected chi connectivity index (χ2v) is 6.90. The highest BCUT2D eigenvalue weighted by Crippen LogP contribution is 2.40. The Morgan fingerprint density at radius 3 is 2.50 bits per heavy atom. The van der Waals surface area contributed by atoms with Crippen molar-refractivity contribution >= 4 is 34.2 Å². The third-order valence-corrected chi connectivity index (χ3v) is 5.13. The van der Waals surface area contributed by atoms with Gasteiger partial charge in [-0.3, -0.25) is 19.6 Å². The number of methoxy groups -OCH3 is 3. The molecule has 1 saturated heterocycles. The first-order chi connectivity index (χ1) is 14.5. The Bertz CT molecular complexity index is 1080. The summed E-state index contributed by atoms with van der Waals surface area (Å²) in [6.45, 7) is 0.254. The highest BCUT2D eigenvalue weighted by Gasteiger charge is 2.37. The summed E-state index contributed by atoms with van der Waals surface area (Å²) < 4.78 is 15.9. The van der Waals surface area contributed by atoms with Crippen LogP contribution in [0, 0.1) is 5.92 Å². The number of amides is 2. The molecule has 2 N–H and O–H groups in total. The van der Waals surface area contributed by atoms with E-state index < -0.39 is 5.92 Å². The third-order valence-electron chi connectivity index (χ3n) is 5.13. The molecule has 1 aromatic heterocycles. The average Bonchev–Trinajstić information content (AvgIpc) is 3.36. The number of anilines is 2. The second kappa shape index (κ2) is 7.94. The minimum atomic E-state index is -0.507. The lowest BCUT2D eigenvalue weighted by Gasteiger charge is -2.16. The zero-order chi connectivity index (χ0) is 21.3. The van der Waals surface area contributed by atoms with Gasteiger partial charge in [-0.05, 0) is 12.1 Å². The van der Waals surface area contributed by atoms with E-state index in [0.29, 0.717) is 28.8 Å². The fraction of sp³-hybridized carbons (Fsp3) is 0.286. The Morgan fingerprint density at radius 2 is 1.83 bits per heavy atom. The molecule has 1 aliphatic heterocycles. The summed E-state index contributed by atoms with van der Waals surface area (Å²) in [5.41, 5.74) is 1.33. The van der Waals surface area contributed by atoms with Crippen LogP contribution >= 0.6 is 0 Å². The number of benzene rings is 2. The summed E-state index contributed by atoms with van der Waals surface area (Å²) in [7, 11) is 4.52. The van der Waals surface area contributed by atoms with Gasteiger partial charge in [0.25, 0.3) is 0 Å². The lowest BCUT2D eigenvalue weighted by atomic mass is 10.1. The van der Waals surface area contributed by atoms with Gasteiger partial charge in [-0.1, -0.05) is 12.1 Å². The number of nitrogens with zero attached hydrogens (tertiary/aromatic N) is 2. The van der Waals surface area contributed by atoms with E-state index in [1.807, 2.05) is 24.3 Å². The summed E-state index contributed by atoms with van der Waals surface area (Å²) in [5.74, 6) is 0.923. The van der Waals surface area contributed by atoms with E-state index in [1.54, 1.807) is 17.0 Å². The van der Waals surface area contributed by atoms with E-state index >= 15 is 0 Å². The molecule has 0 aliphatic carbocycles. The second-order valence-electron chi connectivity index (χ2n) is 6.90. The molecule has 9 heteroatoms. The van der Waals surface area contributed by atoms with Gasteiger partial charge in [0.05, 0.1) is 32.8 Å². The number of para-hydroxylation sites is 1. The zero-order valence-electron chi connectivity index (χ0n) is 16.9. The number of aromatic amines is 1. The van der Waals surface area contributed by atoms with Crippen molar-refractivity contribution in [2.24, 2.45) is 5.92 Å². The van der Waals surface area contributed by atoms with Gasteiger partial charge in [0.2, 0.25) is 17.6 Å². The molecular weight excluding hydrogens is 388 g/mol. The van der Waals surface area contributed by atoms with Gasteiger partial charge in [-0.15, -0.1) is 0 Å². The van der Waals surface area contributed by atoms with Crippen molar-refractivity contribution in [3.8, 4) is 17.2 Å². The van der Waals surface area contributed by atoms with Crippen molar-refractivity contribution in [3.63, 3.8) is 0 Å².